The fraction of sp³-hybridized carbons (Fsp3) is 0.583. The van der Waals surface area contributed by atoms with Crippen LogP contribution in [0.15, 0.2) is 12.1 Å². The average Bonchev–Trinajstić information content (AvgIpc) is 2.75. The molecule has 94 valence electrons. The number of nitrogens with zero attached hydrogens (tertiary/aromatic N) is 2. The molecule has 1 fully saturated rings. The molecule has 2 N–H and O–H groups in total. The molecule has 5 heteroatoms. The van der Waals surface area contributed by atoms with Crippen LogP contribution in [0.25, 0.3) is 0 Å². The molecule has 2 atom stereocenters. The Morgan fingerprint density at radius 3 is 2.35 bits per heavy atom. The van der Waals surface area contributed by atoms with Crippen molar-refractivity contribution in [3.8, 4) is 0 Å². The number of rotatable bonds is 3. The van der Waals surface area contributed by atoms with Crippen LogP contribution in [0.2, 0.25) is 0 Å². The van der Waals surface area contributed by atoms with Gasteiger partial charge in [0.25, 0.3) is 0 Å². The van der Waals surface area contributed by atoms with Gasteiger partial charge in [-0.1, -0.05) is 0 Å². The van der Waals surface area contributed by atoms with Crippen molar-refractivity contribution in [3.63, 3.8) is 0 Å². The molecule has 0 bridgehead atoms. The van der Waals surface area contributed by atoms with E-state index in [9.17, 15) is 0 Å². The molecule has 0 saturated carbocycles. The lowest BCUT2D eigenvalue weighted by Crippen LogP contribution is -2.27. The molecule has 0 spiro atoms. The number of ether oxygens (including phenoxy) is 2. The summed E-state index contributed by atoms with van der Waals surface area (Å²) in [7, 11) is 3.40. The first-order chi connectivity index (χ1) is 8.15. The van der Waals surface area contributed by atoms with Gasteiger partial charge >= 0.3 is 0 Å². The first-order valence-corrected chi connectivity index (χ1v) is 5.69. The number of anilines is 2. The summed E-state index contributed by atoms with van der Waals surface area (Å²) in [6.45, 7) is 3.48. The van der Waals surface area contributed by atoms with Gasteiger partial charge in [-0.05, 0) is 19.1 Å². The highest BCUT2D eigenvalue weighted by molar-refractivity contribution is 5.63. The number of hydrogen-bond acceptors (Lipinski definition) is 5. The van der Waals surface area contributed by atoms with E-state index in [1.54, 1.807) is 14.2 Å². The fourth-order valence-electron chi connectivity index (χ4n) is 2.18. The van der Waals surface area contributed by atoms with Crippen LogP contribution in [0.5, 0.6) is 0 Å². The summed E-state index contributed by atoms with van der Waals surface area (Å²) in [4.78, 5) is 6.60. The third-order valence-corrected chi connectivity index (χ3v) is 3.16. The molecule has 0 amide bonds. The Balaban J connectivity index is 2.21. The molecule has 5 nitrogen and oxygen atoms in total. The summed E-state index contributed by atoms with van der Waals surface area (Å²) in [5.41, 5.74) is 7.62. The zero-order chi connectivity index (χ0) is 12.4. The minimum absolute atomic E-state index is 0.0710. The summed E-state index contributed by atoms with van der Waals surface area (Å²) in [5, 5.41) is 0. The predicted octanol–water partition coefficient (Wildman–Crippen LogP) is 0.822. The number of nitrogen functional groups attached to an aromatic ring is 1. The number of methoxy groups -OCH3 is 2. The molecule has 2 unspecified atom stereocenters. The van der Waals surface area contributed by atoms with Crippen LogP contribution in [-0.2, 0) is 9.47 Å². The SMILES string of the molecule is COC1CN(c2nc(C)ccc2N)CC1OC. The largest absolute Gasteiger partial charge is 0.396 e. The number of aryl methyl sites for hydroxylation is 1. The summed E-state index contributed by atoms with van der Waals surface area (Å²) in [6, 6.07) is 3.80. The third-order valence-electron chi connectivity index (χ3n) is 3.16. The van der Waals surface area contributed by atoms with Crippen LogP contribution < -0.4 is 10.6 Å². The number of nitrogens with two attached hydrogens (primary N) is 1. The summed E-state index contributed by atoms with van der Waals surface area (Å²) >= 11 is 0. The Kier molecular flexibility index (Phi) is 3.49. The van der Waals surface area contributed by atoms with E-state index in [0.717, 1.165) is 24.6 Å². The smallest absolute Gasteiger partial charge is 0.152 e. The Labute approximate surface area is 102 Å². The molecule has 1 aromatic rings. The van der Waals surface area contributed by atoms with E-state index in [-0.39, 0.29) is 12.2 Å². The fourth-order valence-corrected chi connectivity index (χ4v) is 2.18. The molecule has 0 radical (unpaired) electrons. The Morgan fingerprint density at radius 2 is 1.82 bits per heavy atom. The second kappa shape index (κ2) is 4.89. The lowest BCUT2D eigenvalue weighted by atomic mass is 10.3. The quantitative estimate of drug-likeness (QED) is 0.843. The van der Waals surface area contributed by atoms with Crippen molar-refractivity contribution in [1.82, 2.24) is 4.98 Å². The van der Waals surface area contributed by atoms with Gasteiger partial charge < -0.3 is 20.1 Å². The zero-order valence-electron chi connectivity index (χ0n) is 10.5. The Bertz CT molecular complexity index is 385. The van der Waals surface area contributed by atoms with Crippen molar-refractivity contribution in [3.05, 3.63) is 17.8 Å². The van der Waals surface area contributed by atoms with Crippen LogP contribution in [0.1, 0.15) is 5.69 Å². The van der Waals surface area contributed by atoms with Crippen molar-refractivity contribution in [2.24, 2.45) is 0 Å². The third kappa shape index (κ3) is 2.35. The predicted molar refractivity (Wildman–Crippen MR) is 67.2 cm³/mol. The first-order valence-electron chi connectivity index (χ1n) is 5.69. The molecule has 1 aliphatic heterocycles. The van der Waals surface area contributed by atoms with Gasteiger partial charge in [0, 0.05) is 33.0 Å². The van der Waals surface area contributed by atoms with Gasteiger partial charge in [-0.2, -0.15) is 0 Å². The van der Waals surface area contributed by atoms with Gasteiger partial charge in [0.15, 0.2) is 5.82 Å². The van der Waals surface area contributed by atoms with E-state index in [1.807, 2.05) is 19.1 Å². The van der Waals surface area contributed by atoms with E-state index in [0.29, 0.717) is 5.69 Å². The van der Waals surface area contributed by atoms with Crippen molar-refractivity contribution >= 4 is 11.5 Å². The van der Waals surface area contributed by atoms with Crippen LogP contribution in [-0.4, -0.2) is 44.5 Å². The summed E-state index contributed by atoms with van der Waals surface area (Å²) in [6.07, 6.45) is 0.142. The average molecular weight is 237 g/mol. The summed E-state index contributed by atoms with van der Waals surface area (Å²) in [5.74, 6) is 0.826. The minimum Gasteiger partial charge on any atom is -0.396 e. The molecule has 1 aromatic heterocycles. The lowest BCUT2D eigenvalue weighted by molar-refractivity contribution is -0.00461. The van der Waals surface area contributed by atoms with Crippen LogP contribution in [0, 0.1) is 6.92 Å². The molecule has 2 rings (SSSR count). The van der Waals surface area contributed by atoms with E-state index < -0.39 is 0 Å². The zero-order valence-corrected chi connectivity index (χ0v) is 10.5. The van der Waals surface area contributed by atoms with E-state index in [1.165, 1.54) is 0 Å². The van der Waals surface area contributed by atoms with Crippen LogP contribution in [0.3, 0.4) is 0 Å². The van der Waals surface area contributed by atoms with Gasteiger partial charge in [0.2, 0.25) is 0 Å². The second-order valence-electron chi connectivity index (χ2n) is 4.32. The normalized spacial score (nSPS) is 24.3. The highest BCUT2D eigenvalue weighted by atomic mass is 16.5. The maximum Gasteiger partial charge on any atom is 0.152 e. The number of pyridine rings is 1. The monoisotopic (exact) mass is 237 g/mol. The van der Waals surface area contributed by atoms with Gasteiger partial charge in [0.05, 0.1) is 5.69 Å². The van der Waals surface area contributed by atoms with E-state index in [4.69, 9.17) is 15.2 Å². The highest BCUT2D eigenvalue weighted by Gasteiger charge is 2.34. The van der Waals surface area contributed by atoms with Crippen molar-refractivity contribution < 1.29 is 9.47 Å². The standard InChI is InChI=1S/C12H19N3O2/c1-8-4-5-9(13)12(14-8)15-6-10(16-2)11(7-15)17-3/h4-5,10-11H,6-7,13H2,1-3H3. The second-order valence-corrected chi connectivity index (χ2v) is 4.32. The van der Waals surface area contributed by atoms with E-state index in [2.05, 4.69) is 9.88 Å². The molecular weight excluding hydrogens is 218 g/mol. The minimum atomic E-state index is 0.0710. The molecule has 1 aliphatic rings. The molecular formula is C12H19N3O2. The molecule has 17 heavy (non-hydrogen) atoms. The maximum absolute atomic E-state index is 5.96. The Hall–Kier alpha value is -1.33. The van der Waals surface area contributed by atoms with Crippen LogP contribution in [0.4, 0.5) is 11.5 Å². The van der Waals surface area contributed by atoms with Gasteiger partial charge in [-0.25, -0.2) is 4.98 Å². The maximum atomic E-state index is 5.96. The highest BCUT2D eigenvalue weighted by Crippen LogP contribution is 2.26. The van der Waals surface area contributed by atoms with Crippen molar-refractivity contribution in [2.45, 2.75) is 19.1 Å². The van der Waals surface area contributed by atoms with Crippen molar-refractivity contribution in [2.75, 3.05) is 37.9 Å². The van der Waals surface area contributed by atoms with Gasteiger partial charge in [0.1, 0.15) is 12.2 Å². The van der Waals surface area contributed by atoms with Gasteiger partial charge in [-0.3, -0.25) is 0 Å². The first kappa shape index (κ1) is 12.1. The summed E-state index contributed by atoms with van der Waals surface area (Å²) < 4.78 is 10.8. The molecule has 2 heterocycles. The number of hydrogen-bond donors (Lipinski definition) is 1. The molecule has 0 aromatic carbocycles. The molecule has 0 aliphatic carbocycles. The molecule has 1 saturated heterocycles. The van der Waals surface area contributed by atoms with Gasteiger partial charge in [-0.15, -0.1) is 0 Å². The Morgan fingerprint density at radius 1 is 1.24 bits per heavy atom. The van der Waals surface area contributed by atoms with Crippen molar-refractivity contribution in [1.29, 1.82) is 0 Å². The lowest BCUT2D eigenvalue weighted by Gasteiger charge is -2.19. The number of aromatic nitrogens is 1. The topological polar surface area (TPSA) is 60.6 Å². The van der Waals surface area contributed by atoms with Crippen LogP contribution >= 0.6 is 0 Å². The van der Waals surface area contributed by atoms with E-state index >= 15 is 0 Å².